The molecular weight excluding hydrogens is 312 g/mol. The highest BCUT2D eigenvalue weighted by Crippen LogP contribution is 2.17. The molecule has 24 heavy (non-hydrogen) atoms. The lowest BCUT2D eigenvalue weighted by atomic mass is 10.1. The smallest absolute Gasteiger partial charge is 0.193 e. The SMILES string of the molecule is CCNC(=NCCc1cc(F)ccc1F)N1CCC(COCC)C1. The van der Waals surface area contributed by atoms with Crippen LogP contribution in [0.15, 0.2) is 23.2 Å². The van der Waals surface area contributed by atoms with Crippen LogP contribution in [0.25, 0.3) is 0 Å². The van der Waals surface area contributed by atoms with Crippen LogP contribution in [0.1, 0.15) is 25.8 Å². The summed E-state index contributed by atoms with van der Waals surface area (Å²) in [5.74, 6) is 0.568. The van der Waals surface area contributed by atoms with Gasteiger partial charge in [-0.15, -0.1) is 0 Å². The summed E-state index contributed by atoms with van der Waals surface area (Å²) in [6, 6.07) is 3.54. The van der Waals surface area contributed by atoms with Crippen molar-refractivity contribution in [1.82, 2.24) is 10.2 Å². The zero-order valence-corrected chi connectivity index (χ0v) is 14.5. The Labute approximate surface area is 142 Å². The van der Waals surface area contributed by atoms with E-state index < -0.39 is 5.82 Å². The Balaban J connectivity index is 1.92. The van der Waals surface area contributed by atoms with Crippen LogP contribution in [0.2, 0.25) is 0 Å². The van der Waals surface area contributed by atoms with E-state index in [0.29, 0.717) is 24.4 Å². The van der Waals surface area contributed by atoms with Crippen LogP contribution < -0.4 is 5.32 Å². The molecule has 0 saturated carbocycles. The highest BCUT2D eigenvalue weighted by atomic mass is 19.1. The summed E-state index contributed by atoms with van der Waals surface area (Å²) >= 11 is 0. The van der Waals surface area contributed by atoms with Crippen LogP contribution in [-0.4, -0.2) is 50.3 Å². The Morgan fingerprint density at radius 1 is 1.38 bits per heavy atom. The van der Waals surface area contributed by atoms with Crippen LogP contribution in [0, 0.1) is 17.6 Å². The van der Waals surface area contributed by atoms with Crippen LogP contribution in [0.4, 0.5) is 8.78 Å². The van der Waals surface area contributed by atoms with E-state index in [9.17, 15) is 8.78 Å². The van der Waals surface area contributed by atoms with Gasteiger partial charge in [0, 0.05) is 38.7 Å². The maximum absolute atomic E-state index is 13.7. The molecule has 0 bridgehead atoms. The van der Waals surface area contributed by atoms with Gasteiger partial charge in [-0.05, 0) is 50.5 Å². The van der Waals surface area contributed by atoms with Gasteiger partial charge in [-0.3, -0.25) is 4.99 Å². The third-order valence-corrected chi connectivity index (χ3v) is 4.13. The summed E-state index contributed by atoms with van der Waals surface area (Å²) in [5, 5.41) is 3.28. The number of nitrogens with one attached hydrogen (secondary N) is 1. The fraction of sp³-hybridized carbons (Fsp3) is 0.611. The number of aliphatic imine (C=N–C) groups is 1. The van der Waals surface area contributed by atoms with Gasteiger partial charge in [-0.25, -0.2) is 8.78 Å². The fourth-order valence-corrected chi connectivity index (χ4v) is 2.89. The molecule has 1 fully saturated rings. The second-order valence-corrected chi connectivity index (χ2v) is 5.98. The molecule has 1 atom stereocenters. The van der Waals surface area contributed by atoms with E-state index in [1.54, 1.807) is 0 Å². The molecule has 134 valence electrons. The molecule has 1 aliphatic rings. The molecule has 2 rings (SSSR count). The third-order valence-electron chi connectivity index (χ3n) is 4.13. The molecule has 1 aliphatic heterocycles. The van der Waals surface area contributed by atoms with Gasteiger partial charge in [0.2, 0.25) is 0 Å². The molecule has 0 radical (unpaired) electrons. The first-order valence-corrected chi connectivity index (χ1v) is 8.69. The molecule has 1 aromatic rings. The van der Waals surface area contributed by atoms with E-state index >= 15 is 0 Å². The summed E-state index contributed by atoms with van der Waals surface area (Å²) in [7, 11) is 0. The lowest BCUT2D eigenvalue weighted by molar-refractivity contribution is 0.114. The van der Waals surface area contributed by atoms with Crippen molar-refractivity contribution in [2.75, 3.05) is 39.4 Å². The number of halogens is 2. The van der Waals surface area contributed by atoms with Crippen LogP contribution in [-0.2, 0) is 11.2 Å². The minimum absolute atomic E-state index is 0.366. The van der Waals surface area contributed by atoms with Crippen LogP contribution >= 0.6 is 0 Å². The minimum atomic E-state index is -0.416. The Morgan fingerprint density at radius 2 is 2.21 bits per heavy atom. The summed E-state index contributed by atoms with van der Waals surface area (Å²) in [6.07, 6.45) is 1.47. The zero-order valence-electron chi connectivity index (χ0n) is 14.5. The van der Waals surface area contributed by atoms with E-state index in [1.807, 2.05) is 13.8 Å². The number of ether oxygens (including phenoxy) is 1. The van der Waals surface area contributed by atoms with Crippen molar-refractivity contribution in [3.8, 4) is 0 Å². The summed E-state index contributed by atoms with van der Waals surface area (Å²) < 4.78 is 32.4. The van der Waals surface area contributed by atoms with Gasteiger partial charge in [0.25, 0.3) is 0 Å². The van der Waals surface area contributed by atoms with Crippen molar-refractivity contribution in [1.29, 1.82) is 0 Å². The first-order chi connectivity index (χ1) is 11.6. The van der Waals surface area contributed by atoms with Crippen molar-refractivity contribution >= 4 is 5.96 Å². The van der Waals surface area contributed by atoms with Crippen LogP contribution in [0.3, 0.4) is 0 Å². The lowest BCUT2D eigenvalue weighted by Crippen LogP contribution is -2.40. The predicted octanol–water partition coefficient (Wildman–Crippen LogP) is 2.83. The monoisotopic (exact) mass is 339 g/mol. The van der Waals surface area contributed by atoms with Gasteiger partial charge < -0.3 is 15.0 Å². The Kier molecular flexibility index (Phi) is 7.43. The fourth-order valence-electron chi connectivity index (χ4n) is 2.89. The maximum atomic E-state index is 13.7. The zero-order chi connectivity index (χ0) is 17.4. The predicted molar refractivity (Wildman–Crippen MR) is 92.2 cm³/mol. The molecule has 4 nitrogen and oxygen atoms in total. The van der Waals surface area contributed by atoms with Crippen LogP contribution in [0.5, 0.6) is 0 Å². The number of nitrogens with zero attached hydrogens (tertiary/aromatic N) is 2. The van der Waals surface area contributed by atoms with Crippen molar-refractivity contribution in [3.05, 3.63) is 35.4 Å². The normalized spacial score (nSPS) is 18.2. The standard InChI is InChI=1S/C18H27F2N3O/c1-3-21-18(23-10-8-14(12-23)13-24-4-2)22-9-7-15-11-16(19)5-6-17(15)20/h5-6,11,14H,3-4,7-10,12-13H2,1-2H3,(H,21,22). The quantitative estimate of drug-likeness (QED) is 0.613. The molecule has 1 saturated heterocycles. The highest BCUT2D eigenvalue weighted by molar-refractivity contribution is 5.80. The molecule has 1 unspecified atom stereocenters. The Morgan fingerprint density at radius 3 is 2.96 bits per heavy atom. The molecule has 1 heterocycles. The molecule has 0 aliphatic carbocycles. The molecule has 1 N–H and O–H groups in total. The number of benzene rings is 1. The third kappa shape index (κ3) is 5.44. The maximum Gasteiger partial charge on any atom is 0.193 e. The molecular formula is C18H27F2N3O. The molecule has 1 aromatic carbocycles. The average molecular weight is 339 g/mol. The van der Waals surface area contributed by atoms with Crippen molar-refractivity contribution in [2.45, 2.75) is 26.7 Å². The van der Waals surface area contributed by atoms with Gasteiger partial charge in [-0.1, -0.05) is 0 Å². The first-order valence-electron chi connectivity index (χ1n) is 8.69. The Hall–Kier alpha value is -1.69. The molecule has 6 heteroatoms. The number of hydrogen-bond acceptors (Lipinski definition) is 2. The lowest BCUT2D eigenvalue weighted by Gasteiger charge is -2.21. The number of likely N-dealkylation sites (tertiary alicyclic amines) is 1. The van der Waals surface area contributed by atoms with Gasteiger partial charge in [0.1, 0.15) is 11.6 Å². The number of guanidine groups is 1. The summed E-state index contributed by atoms with van der Waals surface area (Å²) in [5.41, 5.74) is 0.366. The topological polar surface area (TPSA) is 36.9 Å². The van der Waals surface area contributed by atoms with Gasteiger partial charge in [-0.2, -0.15) is 0 Å². The highest BCUT2D eigenvalue weighted by Gasteiger charge is 2.24. The van der Waals surface area contributed by atoms with Gasteiger partial charge in [0.15, 0.2) is 5.96 Å². The van der Waals surface area contributed by atoms with Crippen molar-refractivity contribution < 1.29 is 13.5 Å². The second kappa shape index (κ2) is 9.57. The van der Waals surface area contributed by atoms with Gasteiger partial charge in [0.05, 0.1) is 6.61 Å². The van der Waals surface area contributed by atoms with Crippen molar-refractivity contribution in [2.24, 2.45) is 10.9 Å². The van der Waals surface area contributed by atoms with E-state index in [-0.39, 0.29) is 5.82 Å². The first kappa shape index (κ1) is 18.6. The summed E-state index contributed by atoms with van der Waals surface area (Å²) in [6.45, 7) is 8.61. The van der Waals surface area contributed by atoms with E-state index in [2.05, 4.69) is 15.2 Å². The van der Waals surface area contributed by atoms with E-state index in [1.165, 1.54) is 12.1 Å². The number of rotatable bonds is 7. The van der Waals surface area contributed by atoms with Crippen molar-refractivity contribution in [3.63, 3.8) is 0 Å². The van der Waals surface area contributed by atoms with E-state index in [0.717, 1.165) is 51.3 Å². The summed E-state index contributed by atoms with van der Waals surface area (Å²) in [4.78, 5) is 6.80. The Bertz CT molecular complexity index is 551. The molecule has 0 spiro atoms. The molecule has 0 amide bonds. The van der Waals surface area contributed by atoms with E-state index in [4.69, 9.17) is 4.74 Å². The average Bonchev–Trinajstić information content (AvgIpc) is 3.04. The van der Waals surface area contributed by atoms with Gasteiger partial charge >= 0.3 is 0 Å². The number of hydrogen-bond donors (Lipinski definition) is 1. The minimum Gasteiger partial charge on any atom is -0.381 e. The molecule has 0 aromatic heterocycles. The second-order valence-electron chi connectivity index (χ2n) is 5.98. The largest absolute Gasteiger partial charge is 0.381 e.